The lowest BCUT2D eigenvalue weighted by Crippen LogP contribution is -2.36. The van der Waals surface area contributed by atoms with Crippen molar-refractivity contribution in [1.29, 1.82) is 0 Å². The van der Waals surface area contributed by atoms with E-state index in [1.54, 1.807) is 18.3 Å². The number of pyridine rings is 1. The van der Waals surface area contributed by atoms with Gasteiger partial charge in [-0.05, 0) is 54.9 Å². The molecule has 0 spiro atoms. The molecule has 222 valence electrons. The first-order chi connectivity index (χ1) is 20.2. The molecule has 8 nitrogen and oxygen atoms in total. The predicted molar refractivity (Wildman–Crippen MR) is 170 cm³/mol. The van der Waals surface area contributed by atoms with E-state index in [2.05, 4.69) is 27.2 Å². The molecule has 0 radical (unpaired) electrons. The lowest BCUT2D eigenvalue weighted by Gasteiger charge is -2.29. The summed E-state index contributed by atoms with van der Waals surface area (Å²) in [6, 6.07) is 15.4. The molecule has 2 aromatic carbocycles. The first-order valence-electron chi connectivity index (χ1n) is 14.1. The molecule has 0 bridgehead atoms. The van der Waals surface area contributed by atoms with E-state index < -0.39 is 6.10 Å². The van der Waals surface area contributed by atoms with Gasteiger partial charge in [-0.25, -0.2) is 0 Å². The van der Waals surface area contributed by atoms with Crippen LogP contribution in [0.1, 0.15) is 33.2 Å². The van der Waals surface area contributed by atoms with Gasteiger partial charge in [0.15, 0.2) is 0 Å². The Kier molecular flexibility index (Phi) is 9.65. The minimum atomic E-state index is -0.632. The Bertz CT molecular complexity index is 1590. The molecule has 5 rings (SSSR count). The molecule has 1 saturated heterocycles. The normalized spacial score (nSPS) is 14.5. The van der Waals surface area contributed by atoms with Crippen LogP contribution in [0.4, 0.5) is 5.69 Å². The molecule has 2 aromatic heterocycles. The molecule has 3 heterocycles. The average Bonchev–Trinajstić information content (AvgIpc) is 3.32. The Morgan fingerprint density at radius 2 is 1.83 bits per heavy atom. The monoisotopic (exact) mass is 608 g/mol. The van der Waals surface area contributed by atoms with Gasteiger partial charge >= 0.3 is 0 Å². The number of anilines is 1. The molecule has 0 saturated carbocycles. The molecule has 1 aliphatic heterocycles. The van der Waals surface area contributed by atoms with E-state index in [1.165, 1.54) is 11.3 Å². The van der Waals surface area contributed by atoms with Gasteiger partial charge in [-0.15, -0.1) is 11.3 Å². The van der Waals surface area contributed by atoms with Gasteiger partial charge in [0.25, 0.3) is 0 Å². The number of likely N-dealkylation sites (N-methyl/N-ethyl adjacent to an activating group) is 1. The smallest absolute Gasteiger partial charge is 0.224 e. The van der Waals surface area contributed by atoms with Crippen LogP contribution in [-0.4, -0.2) is 60.4 Å². The second-order valence-electron chi connectivity index (χ2n) is 10.9. The summed E-state index contributed by atoms with van der Waals surface area (Å²) >= 11 is 7.41. The summed E-state index contributed by atoms with van der Waals surface area (Å²) in [5, 5.41) is 14.5. The number of hydrogen-bond acceptors (Lipinski definition) is 7. The molecule has 1 aliphatic rings. The van der Waals surface area contributed by atoms with Crippen LogP contribution in [0.5, 0.6) is 0 Å². The van der Waals surface area contributed by atoms with E-state index in [9.17, 15) is 14.7 Å². The van der Waals surface area contributed by atoms with E-state index in [0.717, 1.165) is 59.1 Å². The van der Waals surface area contributed by atoms with Crippen LogP contribution >= 0.6 is 22.9 Å². The van der Waals surface area contributed by atoms with Gasteiger partial charge < -0.3 is 24.6 Å². The number of ether oxygens (including phenoxy) is 1. The zero-order valence-corrected chi connectivity index (χ0v) is 25.8. The molecule has 10 heteroatoms. The van der Waals surface area contributed by atoms with E-state index in [4.69, 9.17) is 16.3 Å². The number of carbonyl (C=O) groups is 1. The van der Waals surface area contributed by atoms with Crippen molar-refractivity contribution in [3.8, 4) is 0 Å². The number of fused-ring (bicyclic) bond motifs is 1. The topological polar surface area (TPSA) is 87.0 Å². The number of benzene rings is 2. The third-order valence-electron chi connectivity index (χ3n) is 7.72. The minimum Gasteiger partial charge on any atom is -0.387 e. The van der Waals surface area contributed by atoms with E-state index in [1.807, 2.05) is 49.9 Å². The Balaban J connectivity index is 1.23. The van der Waals surface area contributed by atoms with Crippen LogP contribution < -0.4 is 15.6 Å². The summed E-state index contributed by atoms with van der Waals surface area (Å²) in [6.07, 6.45) is 1.15. The quantitative estimate of drug-likeness (QED) is 0.277. The van der Waals surface area contributed by atoms with Gasteiger partial charge in [-0.2, -0.15) is 0 Å². The number of nitrogens with one attached hydrogen (secondary N) is 1. The molecule has 2 N–H and O–H groups in total. The van der Waals surface area contributed by atoms with Crippen molar-refractivity contribution in [2.24, 2.45) is 7.05 Å². The van der Waals surface area contributed by atoms with Crippen LogP contribution in [0.25, 0.3) is 10.2 Å². The second-order valence-corrected chi connectivity index (χ2v) is 12.4. The maximum absolute atomic E-state index is 13.4. The largest absolute Gasteiger partial charge is 0.387 e. The third kappa shape index (κ3) is 7.04. The van der Waals surface area contributed by atoms with Crippen LogP contribution in [0.3, 0.4) is 0 Å². The molecule has 1 amide bonds. The first kappa shape index (κ1) is 30.3. The molecular weight excluding hydrogens is 572 g/mol. The lowest BCUT2D eigenvalue weighted by atomic mass is 10.1. The number of aliphatic hydroxyl groups is 1. The van der Waals surface area contributed by atoms with Gasteiger partial charge in [-0.1, -0.05) is 35.9 Å². The molecular formula is C32H37ClN4O4S. The van der Waals surface area contributed by atoms with Crippen LogP contribution in [0.15, 0.2) is 59.5 Å². The fourth-order valence-electron chi connectivity index (χ4n) is 5.39. The van der Waals surface area contributed by atoms with Gasteiger partial charge in [0.2, 0.25) is 11.3 Å². The Labute approximate surface area is 255 Å². The number of aliphatic hydroxyl groups excluding tert-OH is 1. The maximum Gasteiger partial charge on any atom is 0.224 e. The highest BCUT2D eigenvalue weighted by atomic mass is 35.5. The fourth-order valence-corrected chi connectivity index (χ4v) is 6.91. The standard InChI is InChI=1S/C32H37ClN4O4S/c1-21-28(20-35(2)19-27(38)23-6-10-26(11-7-23)37-12-14-41-15-13-37)42-32-30(21)36(3)18-24(31(32)40)16-29(39)34-17-22-4-8-25(33)9-5-22/h4-11,18,27,38H,12-17,19-20H2,1-3H3,(H,34,39). The number of nitrogens with zero attached hydrogens (tertiary/aromatic N) is 3. The fraction of sp³-hybridized carbons (Fsp3) is 0.375. The molecule has 1 atom stereocenters. The summed E-state index contributed by atoms with van der Waals surface area (Å²) in [5.41, 5.74) is 5.25. The highest BCUT2D eigenvalue weighted by Gasteiger charge is 2.20. The van der Waals surface area contributed by atoms with Gasteiger partial charge in [0.05, 0.1) is 36.0 Å². The second kappa shape index (κ2) is 13.4. The molecule has 0 aliphatic carbocycles. The van der Waals surface area contributed by atoms with Crippen molar-refractivity contribution < 1.29 is 14.6 Å². The van der Waals surface area contributed by atoms with Crippen LogP contribution in [-0.2, 0) is 36.1 Å². The molecule has 1 unspecified atom stereocenters. The number of aryl methyl sites for hydroxylation is 2. The number of morpholine rings is 1. The van der Waals surface area contributed by atoms with Crippen LogP contribution in [0, 0.1) is 6.92 Å². The number of hydrogen-bond donors (Lipinski definition) is 2. The van der Waals surface area contributed by atoms with Crippen LogP contribution in [0.2, 0.25) is 5.02 Å². The maximum atomic E-state index is 13.4. The van der Waals surface area contributed by atoms with Gasteiger partial charge in [0.1, 0.15) is 0 Å². The van der Waals surface area contributed by atoms with Crippen molar-refractivity contribution in [2.75, 3.05) is 44.8 Å². The molecule has 42 heavy (non-hydrogen) atoms. The minimum absolute atomic E-state index is 0.0128. The average molecular weight is 609 g/mol. The summed E-state index contributed by atoms with van der Waals surface area (Å²) in [5.74, 6) is -0.207. The predicted octanol–water partition coefficient (Wildman–Crippen LogP) is 4.42. The van der Waals surface area contributed by atoms with E-state index in [-0.39, 0.29) is 17.8 Å². The summed E-state index contributed by atoms with van der Waals surface area (Å²) < 4.78 is 8.04. The van der Waals surface area contributed by atoms with Crippen molar-refractivity contribution in [3.05, 3.63) is 97.1 Å². The molecule has 1 fully saturated rings. The first-order valence-corrected chi connectivity index (χ1v) is 15.3. The van der Waals surface area contributed by atoms with E-state index >= 15 is 0 Å². The highest BCUT2D eigenvalue weighted by Crippen LogP contribution is 2.30. The zero-order chi connectivity index (χ0) is 29.8. The Morgan fingerprint density at radius 1 is 1.14 bits per heavy atom. The van der Waals surface area contributed by atoms with Crippen molar-refractivity contribution >= 4 is 44.7 Å². The van der Waals surface area contributed by atoms with Gasteiger partial charge in [-0.3, -0.25) is 14.5 Å². The lowest BCUT2D eigenvalue weighted by molar-refractivity contribution is -0.120. The number of aromatic nitrogens is 1. The highest BCUT2D eigenvalue weighted by molar-refractivity contribution is 7.19. The molecule has 4 aromatic rings. The SMILES string of the molecule is Cc1c(CN(C)CC(O)c2ccc(N3CCOCC3)cc2)sc2c(=O)c(CC(=O)NCc3ccc(Cl)cc3)cn(C)c12. The summed E-state index contributed by atoms with van der Waals surface area (Å²) in [4.78, 5) is 31.5. The van der Waals surface area contributed by atoms with Gasteiger partial charge in [0, 0.05) is 67.1 Å². The summed E-state index contributed by atoms with van der Waals surface area (Å²) in [7, 11) is 3.89. The van der Waals surface area contributed by atoms with Crippen molar-refractivity contribution in [1.82, 2.24) is 14.8 Å². The number of carbonyl (C=O) groups excluding carboxylic acids is 1. The van der Waals surface area contributed by atoms with Crippen molar-refractivity contribution in [2.45, 2.75) is 32.5 Å². The number of rotatable bonds is 10. The Hall–Kier alpha value is -3.21. The number of thiophene rings is 1. The number of amides is 1. The summed E-state index contributed by atoms with van der Waals surface area (Å²) in [6.45, 7) is 6.68. The zero-order valence-electron chi connectivity index (χ0n) is 24.2. The van der Waals surface area contributed by atoms with Crippen molar-refractivity contribution in [3.63, 3.8) is 0 Å². The number of halogens is 1. The van der Waals surface area contributed by atoms with E-state index in [0.29, 0.717) is 34.9 Å². The third-order valence-corrected chi connectivity index (χ3v) is 9.24. The Morgan fingerprint density at radius 3 is 2.52 bits per heavy atom.